The molecule has 0 spiro atoms. The van der Waals surface area contributed by atoms with Gasteiger partial charge in [-0.3, -0.25) is 0 Å². The molecule has 0 saturated carbocycles. The van der Waals surface area contributed by atoms with Crippen LogP contribution in [0.5, 0.6) is 5.75 Å². The van der Waals surface area contributed by atoms with E-state index >= 15 is 0 Å². The molecule has 4 heteroatoms. The Balaban J connectivity index is 2.89. The van der Waals surface area contributed by atoms with Crippen LogP contribution >= 0.6 is 23.2 Å². The number of halogens is 2. The van der Waals surface area contributed by atoms with Crippen molar-refractivity contribution >= 4 is 34.1 Å². The van der Waals surface area contributed by atoms with Crippen LogP contribution in [-0.2, 0) is 0 Å². The van der Waals surface area contributed by atoms with Crippen molar-refractivity contribution in [2.45, 2.75) is 0 Å². The number of hydrogen-bond donors (Lipinski definition) is 1. The maximum Gasteiger partial charge on any atom is 0.160 e. The molecule has 0 saturated heterocycles. The van der Waals surface area contributed by atoms with Crippen molar-refractivity contribution in [1.82, 2.24) is 4.98 Å². The normalized spacial score (nSPS) is 10.6. The lowest BCUT2D eigenvalue weighted by Crippen LogP contribution is -1.80. The van der Waals surface area contributed by atoms with E-state index in [9.17, 15) is 5.11 Å². The number of aromatic nitrogens is 1. The third-order valence-electron chi connectivity index (χ3n) is 1.75. The topological polar surface area (TPSA) is 33.1 Å². The van der Waals surface area contributed by atoms with Crippen LogP contribution in [0.3, 0.4) is 0 Å². The minimum absolute atomic E-state index is 0.0262. The second-order valence-corrected chi connectivity index (χ2v) is 3.40. The number of aromatic hydroxyl groups is 1. The summed E-state index contributed by atoms with van der Waals surface area (Å²) < 4.78 is 0. The van der Waals surface area contributed by atoms with Crippen LogP contribution in [0.1, 0.15) is 0 Å². The van der Waals surface area contributed by atoms with E-state index in [0.29, 0.717) is 10.7 Å². The van der Waals surface area contributed by atoms with Crippen molar-refractivity contribution in [2.24, 2.45) is 0 Å². The lowest BCUT2D eigenvalue weighted by Gasteiger charge is -2.01. The highest BCUT2D eigenvalue weighted by Gasteiger charge is 2.05. The van der Waals surface area contributed by atoms with E-state index in [1.165, 1.54) is 0 Å². The smallest absolute Gasteiger partial charge is 0.160 e. The maximum atomic E-state index is 9.53. The van der Waals surface area contributed by atoms with E-state index < -0.39 is 0 Å². The van der Waals surface area contributed by atoms with Crippen LogP contribution in [0.15, 0.2) is 24.3 Å². The first-order valence-electron chi connectivity index (χ1n) is 3.62. The first-order chi connectivity index (χ1) is 6.18. The van der Waals surface area contributed by atoms with Gasteiger partial charge in [-0.1, -0.05) is 29.3 Å². The molecule has 66 valence electrons. The monoisotopic (exact) mass is 213 g/mol. The van der Waals surface area contributed by atoms with Crippen molar-refractivity contribution in [1.29, 1.82) is 0 Å². The SMILES string of the molecule is Oc1c(Cl)ccc2ccc(Cl)nc12. The summed E-state index contributed by atoms with van der Waals surface area (Å²) in [6.45, 7) is 0. The molecule has 13 heavy (non-hydrogen) atoms. The zero-order valence-corrected chi connectivity index (χ0v) is 7.97. The number of benzene rings is 1. The van der Waals surface area contributed by atoms with Gasteiger partial charge in [0.05, 0.1) is 5.02 Å². The Labute approximate surface area is 84.7 Å². The Morgan fingerprint density at radius 3 is 2.54 bits per heavy atom. The van der Waals surface area contributed by atoms with Crippen LogP contribution in [0, 0.1) is 0 Å². The summed E-state index contributed by atoms with van der Waals surface area (Å²) in [6, 6.07) is 6.84. The van der Waals surface area contributed by atoms with Gasteiger partial charge >= 0.3 is 0 Å². The predicted molar refractivity (Wildman–Crippen MR) is 53.4 cm³/mol. The van der Waals surface area contributed by atoms with Gasteiger partial charge in [0.2, 0.25) is 0 Å². The van der Waals surface area contributed by atoms with Crippen molar-refractivity contribution in [3.63, 3.8) is 0 Å². The number of nitrogens with zero attached hydrogens (tertiary/aromatic N) is 1. The quantitative estimate of drug-likeness (QED) is 0.682. The highest BCUT2D eigenvalue weighted by Crippen LogP contribution is 2.31. The zero-order chi connectivity index (χ0) is 9.42. The van der Waals surface area contributed by atoms with Gasteiger partial charge in [-0.2, -0.15) is 0 Å². The van der Waals surface area contributed by atoms with E-state index in [2.05, 4.69) is 4.98 Å². The van der Waals surface area contributed by atoms with Gasteiger partial charge in [-0.05, 0) is 18.2 Å². The molecule has 1 heterocycles. The van der Waals surface area contributed by atoms with Crippen LogP contribution < -0.4 is 0 Å². The minimum atomic E-state index is -0.0262. The fourth-order valence-electron chi connectivity index (χ4n) is 1.13. The molecule has 0 atom stereocenters. The highest BCUT2D eigenvalue weighted by molar-refractivity contribution is 6.33. The van der Waals surface area contributed by atoms with Crippen molar-refractivity contribution in [3.05, 3.63) is 34.4 Å². The summed E-state index contributed by atoms with van der Waals surface area (Å²) in [5.74, 6) is -0.0262. The van der Waals surface area contributed by atoms with Gasteiger partial charge in [-0.15, -0.1) is 0 Å². The first-order valence-corrected chi connectivity index (χ1v) is 4.38. The van der Waals surface area contributed by atoms with Crippen molar-refractivity contribution < 1.29 is 5.11 Å². The molecule has 0 aliphatic rings. The van der Waals surface area contributed by atoms with Crippen LogP contribution in [0.2, 0.25) is 10.2 Å². The molecule has 0 amide bonds. The Morgan fingerprint density at radius 2 is 1.77 bits per heavy atom. The van der Waals surface area contributed by atoms with Crippen molar-refractivity contribution in [3.8, 4) is 5.75 Å². The number of phenols is 1. The molecule has 2 rings (SSSR count). The second kappa shape index (κ2) is 3.05. The molecule has 0 bridgehead atoms. The van der Waals surface area contributed by atoms with Gasteiger partial charge in [-0.25, -0.2) is 4.98 Å². The van der Waals surface area contributed by atoms with E-state index in [1.807, 2.05) is 0 Å². The van der Waals surface area contributed by atoms with Crippen LogP contribution in [-0.4, -0.2) is 10.1 Å². The number of fused-ring (bicyclic) bond motifs is 1. The maximum absolute atomic E-state index is 9.53. The molecule has 1 aromatic carbocycles. The summed E-state index contributed by atoms with van der Waals surface area (Å²) in [5.41, 5.74) is 0.431. The second-order valence-electron chi connectivity index (χ2n) is 2.60. The number of pyridine rings is 1. The average Bonchev–Trinajstić information content (AvgIpc) is 2.12. The summed E-state index contributed by atoms with van der Waals surface area (Å²) in [6.07, 6.45) is 0. The largest absolute Gasteiger partial charge is 0.504 e. The van der Waals surface area contributed by atoms with Crippen LogP contribution in [0.4, 0.5) is 0 Å². The van der Waals surface area contributed by atoms with Gasteiger partial charge in [0.1, 0.15) is 10.7 Å². The van der Waals surface area contributed by atoms with Gasteiger partial charge in [0.15, 0.2) is 5.75 Å². The molecule has 0 radical (unpaired) electrons. The van der Waals surface area contributed by atoms with Crippen LogP contribution in [0.25, 0.3) is 10.9 Å². The van der Waals surface area contributed by atoms with Gasteiger partial charge in [0, 0.05) is 5.39 Å². The number of hydrogen-bond acceptors (Lipinski definition) is 2. The Kier molecular flexibility index (Phi) is 2.02. The third-order valence-corrected chi connectivity index (χ3v) is 2.27. The molecule has 0 fully saturated rings. The fourth-order valence-corrected chi connectivity index (χ4v) is 1.43. The van der Waals surface area contributed by atoms with E-state index in [1.54, 1.807) is 24.3 Å². The summed E-state index contributed by atoms with van der Waals surface area (Å²) >= 11 is 11.4. The molecule has 0 aliphatic heterocycles. The average molecular weight is 214 g/mol. The predicted octanol–water partition coefficient (Wildman–Crippen LogP) is 3.25. The molecular formula is C9H5Cl2NO. The molecule has 0 unspecified atom stereocenters. The molecule has 2 aromatic rings. The first kappa shape index (κ1) is 8.60. The molecule has 2 nitrogen and oxygen atoms in total. The summed E-state index contributed by atoms with van der Waals surface area (Å²) in [7, 11) is 0. The Morgan fingerprint density at radius 1 is 1.08 bits per heavy atom. The third kappa shape index (κ3) is 1.43. The lowest BCUT2D eigenvalue weighted by molar-refractivity contribution is 0.480. The zero-order valence-electron chi connectivity index (χ0n) is 6.46. The molecule has 0 aliphatic carbocycles. The standard InChI is InChI=1S/C9H5Cl2NO/c10-6-3-1-5-2-4-7(11)12-8(5)9(6)13/h1-4,13H. The fraction of sp³-hybridized carbons (Fsp3) is 0. The Hall–Kier alpha value is -0.990. The van der Waals surface area contributed by atoms with Crippen molar-refractivity contribution in [2.75, 3.05) is 0 Å². The summed E-state index contributed by atoms with van der Waals surface area (Å²) in [5, 5.41) is 11.0. The number of phenolic OH excluding ortho intramolecular Hbond substituents is 1. The molecule has 1 aromatic heterocycles. The van der Waals surface area contributed by atoms with Gasteiger partial charge < -0.3 is 5.11 Å². The summed E-state index contributed by atoms with van der Waals surface area (Å²) in [4.78, 5) is 3.97. The van der Waals surface area contributed by atoms with Gasteiger partial charge in [0.25, 0.3) is 0 Å². The van der Waals surface area contributed by atoms with E-state index in [4.69, 9.17) is 23.2 Å². The molecule has 1 N–H and O–H groups in total. The molecular weight excluding hydrogens is 209 g/mol. The minimum Gasteiger partial charge on any atom is -0.504 e. The highest BCUT2D eigenvalue weighted by atomic mass is 35.5. The lowest BCUT2D eigenvalue weighted by atomic mass is 10.2. The Bertz CT molecular complexity index is 465. The van der Waals surface area contributed by atoms with E-state index in [-0.39, 0.29) is 10.8 Å². The number of rotatable bonds is 0. The van der Waals surface area contributed by atoms with E-state index in [0.717, 1.165) is 5.39 Å².